The molecule has 18 aromatic carbocycles. The number of aromatic nitrogens is 5. The van der Waals surface area contributed by atoms with Crippen molar-refractivity contribution >= 4 is 134 Å². The van der Waals surface area contributed by atoms with E-state index in [2.05, 4.69) is 413 Å². The first-order valence-corrected chi connectivity index (χ1v) is 44.9. The Bertz CT molecular complexity index is 7710. The number of para-hydroxylation sites is 7. The van der Waals surface area contributed by atoms with Crippen LogP contribution >= 0.6 is 22.7 Å². The Balaban J connectivity index is 0.513. The quantitative estimate of drug-likeness (QED) is 0.0477. The molecule has 0 spiro atoms. The number of rotatable bonds is 23. The number of nitrogens with one attached hydrogen (secondary N) is 2. The maximum atomic E-state index is 9.29. The number of benzene rings is 18. The number of hydrogen-bond acceptors (Lipinski definition) is 13. The van der Waals surface area contributed by atoms with Crippen LogP contribution in [0.25, 0.3) is 125 Å². The zero-order chi connectivity index (χ0) is 86.6. The molecular formula is C116H80N12S2. The minimum atomic E-state index is 0.284. The van der Waals surface area contributed by atoms with Crippen LogP contribution in [-0.2, 0) is 0 Å². The second-order valence-electron chi connectivity index (χ2n) is 31.9. The maximum Gasteiger partial charge on any atom is 0.124 e. The molecule has 0 aliphatic heterocycles. The summed E-state index contributed by atoms with van der Waals surface area (Å²) in [6.07, 6.45) is 5.80. The average Bonchev–Trinajstić information content (AvgIpc) is 1.36. The minimum absolute atomic E-state index is 0.284. The van der Waals surface area contributed by atoms with E-state index in [0.717, 1.165) is 194 Å². The third-order valence-electron chi connectivity index (χ3n) is 23.6. The van der Waals surface area contributed by atoms with Gasteiger partial charge in [0.25, 0.3) is 0 Å². The fourth-order valence-corrected chi connectivity index (χ4v) is 19.0. The number of allylic oxidation sites excluding steroid dienone is 3. The summed E-state index contributed by atoms with van der Waals surface area (Å²) >= 11 is 3.42. The van der Waals surface area contributed by atoms with E-state index in [-0.39, 0.29) is 5.71 Å². The topological polar surface area (TPSA) is 118 Å². The molecule has 21 aromatic rings. The summed E-state index contributed by atoms with van der Waals surface area (Å²) in [6, 6.07) is 160. The van der Waals surface area contributed by atoms with Crippen molar-refractivity contribution in [2.75, 3.05) is 25.0 Å². The van der Waals surface area contributed by atoms with Crippen LogP contribution in [0.2, 0.25) is 0 Å². The van der Waals surface area contributed by atoms with E-state index in [1.165, 1.54) is 4.70 Å². The van der Waals surface area contributed by atoms with Crippen molar-refractivity contribution in [2.24, 2.45) is 5.10 Å². The molecule has 616 valence electrons. The third-order valence-corrected chi connectivity index (χ3v) is 25.8. The summed E-state index contributed by atoms with van der Waals surface area (Å²) in [5.41, 5.74) is 36.8. The van der Waals surface area contributed by atoms with Crippen molar-refractivity contribution in [2.45, 2.75) is 0 Å². The molecule has 0 bridgehead atoms. The lowest BCUT2D eigenvalue weighted by molar-refractivity contribution is 0.766. The highest BCUT2D eigenvalue weighted by Gasteiger charge is 2.24. The van der Waals surface area contributed by atoms with Crippen molar-refractivity contribution in [1.82, 2.24) is 25.0 Å². The first kappa shape index (κ1) is 78.9. The van der Waals surface area contributed by atoms with E-state index < -0.39 is 0 Å². The van der Waals surface area contributed by atoms with Crippen LogP contribution in [0.4, 0.5) is 68.2 Å². The van der Waals surface area contributed by atoms with Gasteiger partial charge in [-0.3, -0.25) is 10.8 Å². The normalized spacial score (nSPS) is 12.2. The Labute approximate surface area is 761 Å². The predicted molar refractivity (Wildman–Crippen MR) is 544 cm³/mol. The largest absolute Gasteiger partial charge is 0.311 e. The van der Waals surface area contributed by atoms with Crippen LogP contribution < -0.4 is 25.0 Å². The second kappa shape index (κ2) is 35.2. The van der Waals surface area contributed by atoms with Gasteiger partial charge in [-0.2, -0.15) is 9.90 Å². The van der Waals surface area contributed by atoms with Crippen LogP contribution in [0.15, 0.2) is 484 Å². The molecule has 12 nitrogen and oxygen atoms in total. The zero-order valence-corrected chi connectivity index (χ0v) is 72.0. The Morgan fingerprint density at radius 2 is 0.623 bits per heavy atom. The third kappa shape index (κ3) is 16.3. The summed E-state index contributed by atoms with van der Waals surface area (Å²) in [6.45, 7) is 0. The number of hydrogen-bond donors (Lipinski definition) is 2. The van der Waals surface area contributed by atoms with Gasteiger partial charge in [0, 0.05) is 79.4 Å². The van der Waals surface area contributed by atoms with E-state index in [9.17, 15) is 5.41 Å². The molecule has 0 saturated heterocycles. The number of nitrogens with zero attached hydrogens (tertiary/aromatic N) is 10. The van der Waals surface area contributed by atoms with Crippen molar-refractivity contribution in [3.8, 4) is 93.6 Å². The van der Waals surface area contributed by atoms with Gasteiger partial charge in [0.15, 0.2) is 0 Å². The summed E-state index contributed by atoms with van der Waals surface area (Å²) in [5.74, 6) is 0. The van der Waals surface area contributed by atoms with Crippen LogP contribution in [-0.4, -0.2) is 36.4 Å². The standard InChI is InChI=1S/C116H80N12S2/c117-107-72-69-103(126(94-30-10-3-11-31-94)100-63-50-83(51-64-100)87-22-20-23-88(74-87)84-52-65-101(66-53-84)127(95-32-12-4-13-33-95)104-70-73-108-112(78-104)123-128(122-108)102-34-14-5-15-35-102)77-111(107)121-120-91-25-21-24-89(75-91)106-76-90(116-119-110-37-17-19-39-114(110)130-116)56-71-105(106)85-54-67-99(68-55-85)125(93-28-8-2-9-29-93)98-61-48-82(49-62-98)81-46-59-97(60-47-81)124(92-26-6-1-7-27-92)96-57-44-80(45-58-96)79-40-42-86(43-41-79)115-118-109-36-16-18-38-113(109)129-115/h1-78,117,120H/b117-107?,121-111-. The molecule has 0 saturated carbocycles. The van der Waals surface area contributed by atoms with Gasteiger partial charge in [0.1, 0.15) is 26.8 Å². The van der Waals surface area contributed by atoms with Crippen molar-refractivity contribution in [3.05, 3.63) is 479 Å². The van der Waals surface area contributed by atoms with Gasteiger partial charge in [-0.15, -0.1) is 32.9 Å². The summed E-state index contributed by atoms with van der Waals surface area (Å²) in [7, 11) is 0. The van der Waals surface area contributed by atoms with Gasteiger partial charge >= 0.3 is 0 Å². The Hall–Kier alpha value is -17.0. The van der Waals surface area contributed by atoms with E-state index >= 15 is 0 Å². The predicted octanol–water partition coefficient (Wildman–Crippen LogP) is 31.5. The van der Waals surface area contributed by atoms with Gasteiger partial charge in [0.05, 0.1) is 37.5 Å². The Kier molecular flexibility index (Phi) is 21.3. The molecule has 1 aliphatic carbocycles. The molecule has 3 aromatic heterocycles. The van der Waals surface area contributed by atoms with Crippen LogP contribution in [0.3, 0.4) is 0 Å². The number of thiazole rings is 2. The average molecular weight is 1710 g/mol. The van der Waals surface area contributed by atoms with Crippen molar-refractivity contribution in [1.29, 1.82) is 5.41 Å². The van der Waals surface area contributed by atoms with Crippen molar-refractivity contribution in [3.63, 3.8) is 0 Å². The van der Waals surface area contributed by atoms with E-state index in [1.807, 2.05) is 85.0 Å². The smallest absolute Gasteiger partial charge is 0.124 e. The summed E-state index contributed by atoms with van der Waals surface area (Å²) in [5, 5.41) is 26.0. The van der Waals surface area contributed by atoms with E-state index in [0.29, 0.717) is 5.71 Å². The lowest BCUT2D eigenvalue weighted by atomic mass is 9.92. The SMILES string of the molecule is N=C1C=CC(N(c2ccccc2)c2ccc(-c3cccc(-c4ccc(N(c5ccccc5)c5ccc6nn(-c7ccccc7)nc6c5)cc4)c3)cc2)=C/C1=N/Nc1cccc(-c2cc(-c3nc4ccccc4s3)ccc2-c2ccc(N(c3ccccc3)c3ccc(-c4ccc(N(c5ccccc5)c5ccc(-c6ccc(-c7nc8ccccc8s7)cc6)cc5)cc4)cc3)cc2)c1. The fourth-order valence-electron chi connectivity index (χ4n) is 17.1. The first-order valence-electron chi connectivity index (χ1n) is 43.2. The van der Waals surface area contributed by atoms with Gasteiger partial charge in [-0.25, -0.2) is 9.97 Å². The second-order valence-corrected chi connectivity index (χ2v) is 33.9. The molecule has 0 radical (unpaired) electrons. The fraction of sp³-hybridized carbons (Fsp3) is 0. The summed E-state index contributed by atoms with van der Waals surface area (Å²) < 4.78 is 2.33. The van der Waals surface area contributed by atoms with Crippen LogP contribution in [0.5, 0.6) is 0 Å². The number of fused-ring (bicyclic) bond motifs is 3. The molecule has 2 N–H and O–H groups in total. The van der Waals surface area contributed by atoms with Crippen LogP contribution in [0.1, 0.15) is 0 Å². The molecule has 0 unspecified atom stereocenters. The highest BCUT2D eigenvalue weighted by Crippen LogP contribution is 2.46. The minimum Gasteiger partial charge on any atom is -0.311 e. The van der Waals surface area contributed by atoms with E-state index in [4.69, 9.17) is 25.3 Å². The number of anilines is 12. The zero-order valence-electron chi connectivity index (χ0n) is 70.3. The first-order chi connectivity index (χ1) is 64.3. The molecule has 3 heterocycles. The molecule has 0 fully saturated rings. The maximum absolute atomic E-state index is 9.29. The van der Waals surface area contributed by atoms with E-state index in [1.54, 1.807) is 27.5 Å². The lowest BCUT2D eigenvalue weighted by Gasteiger charge is -2.28. The van der Waals surface area contributed by atoms with Crippen molar-refractivity contribution < 1.29 is 0 Å². The van der Waals surface area contributed by atoms with Gasteiger partial charge in [0.2, 0.25) is 0 Å². The Morgan fingerprint density at radius 1 is 0.254 bits per heavy atom. The number of hydrazone groups is 1. The Morgan fingerprint density at radius 3 is 1.12 bits per heavy atom. The molecule has 1 aliphatic rings. The monoisotopic (exact) mass is 1700 g/mol. The van der Waals surface area contributed by atoms with Gasteiger partial charge in [-0.05, 0) is 285 Å². The molecule has 0 amide bonds. The van der Waals surface area contributed by atoms with Gasteiger partial charge < -0.3 is 19.6 Å². The molecule has 130 heavy (non-hydrogen) atoms. The van der Waals surface area contributed by atoms with Crippen LogP contribution in [0, 0.1) is 5.41 Å². The highest BCUT2D eigenvalue weighted by molar-refractivity contribution is 7.22. The molecule has 22 rings (SSSR count). The lowest BCUT2D eigenvalue weighted by Crippen LogP contribution is -2.22. The molecule has 14 heteroatoms. The summed E-state index contributed by atoms with van der Waals surface area (Å²) in [4.78, 5) is 20.8. The highest BCUT2D eigenvalue weighted by atomic mass is 32.1. The molecule has 0 atom stereocenters. The van der Waals surface area contributed by atoms with Gasteiger partial charge in [-0.1, -0.05) is 255 Å². The molecular weight excluding hydrogens is 1630 g/mol.